The summed E-state index contributed by atoms with van der Waals surface area (Å²) in [5.41, 5.74) is 2.74. The molecule has 2 rings (SSSR count). The lowest BCUT2D eigenvalue weighted by Gasteiger charge is -2.12. The van der Waals surface area contributed by atoms with Crippen molar-refractivity contribution in [3.8, 4) is 17.0 Å². The molecule has 1 heterocycles. The van der Waals surface area contributed by atoms with Crippen molar-refractivity contribution in [1.82, 2.24) is 4.98 Å². The van der Waals surface area contributed by atoms with Crippen LogP contribution in [-0.2, 0) is 0 Å². The third-order valence-electron chi connectivity index (χ3n) is 2.96. The van der Waals surface area contributed by atoms with Gasteiger partial charge in [-0.05, 0) is 37.1 Å². The Morgan fingerprint density at radius 1 is 1.26 bits per heavy atom. The Morgan fingerprint density at radius 3 is 2.84 bits per heavy atom. The normalized spacial score (nSPS) is 10.5. The lowest BCUT2D eigenvalue weighted by Crippen LogP contribution is -2.00. The molecule has 0 spiro atoms. The molecule has 0 saturated carbocycles. The van der Waals surface area contributed by atoms with E-state index >= 15 is 0 Å². The molecule has 0 unspecified atom stereocenters. The maximum Gasteiger partial charge on any atom is 0.131 e. The minimum atomic E-state index is -0.288. The Balaban J connectivity index is 2.36. The first-order chi connectivity index (χ1) is 9.22. The third kappa shape index (κ3) is 3.31. The van der Waals surface area contributed by atoms with Crippen LogP contribution < -0.4 is 4.74 Å². The number of aryl methyl sites for hydroxylation is 1. The largest absolute Gasteiger partial charge is 0.493 e. The second kappa shape index (κ2) is 6.32. The van der Waals surface area contributed by atoms with Crippen molar-refractivity contribution >= 4 is 0 Å². The first-order valence-electron chi connectivity index (χ1n) is 6.56. The third-order valence-corrected chi connectivity index (χ3v) is 2.96. The molecule has 1 aromatic carbocycles. The fourth-order valence-corrected chi connectivity index (χ4v) is 1.91. The second-order valence-electron chi connectivity index (χ2n) is 4.51. The van der Waals surface area contributed by atoms with Crippen molar-refractivity contribution in [1.29, 1.82) is 0 Å². The van der Waals surface area contributed by atoms with E-state index in [-0.39, 0.29) is 5.82 Å². The molecule has 0 saturated heterocycles. The first-order valence-corrected chi connectivity index (χ1v) is 6.56. The number of pyridine rings is 1. The number of hydrogen-bond donors (Lipinski definition) is 0. The van der Waals surface area contributed by atoms with Gasteiger partial charge < -0.3 is 4.74 Å². The minimum absolute atomic E-state index is 0.288. The van der Waals surface area contributed by atoms with Gasteiger partial charge in [-0.2, -0.15) is 0 Å². The summed E-state index contributed by atoms with van der Waals surface area (Å²) in [6.07, 6.45) is 3.74. The summed E-state index contributed by atoms with van der Waals surface area (Å²) in [5.74, 6) is 0.277. The number of nitrogens with zero attached hydrogens (tertiary/aromatic N) is 1. The molecule has 100 valence electrons. The summed E-state index contributed by atoms with van der Waals surface area (Å²) >= 11 is 0. The zero-order chi connectivity index (χ0) is 13.7. The maximum absolute atomic E-state index is 13.4. The van der Waals surface area contributed by atoms with Crippen molar-refractivity contribution in [2.24, 2.45) is 0 Å². The summed E-state index contributed by atoms with van der Waals surface area (Å²) in [7, 11) is 0. The fourth-order valence-electron chi connectivity index (χ4n) is 1.91. The van der Waals surface area contributed by atoms with Gasteiger partial charge in [-0.1, -0.05) is 19.4 Å². The van der Waals surface area contributed by atoms with Gasteiger partial charge in [-0.3, -0.25) is 4.98 Å². The van der Waals surface area contributed by atoms with Gasteiger partial charge >= 0.3 is 0 Å². The number of benzene rings is 1. The summed E-state index contributed by atoms with van der Waals surface area (Å²) in [6.45, 7) is 4.68. The van der Waals surface area contributed by atoms with E-state index in [0.29, 0.717) is 12.4 Å². The van der Waals surface area contributed by atoms with Gasteiger partial charge in [0.25, 0.3) is 0 Å². The summed E-state index contributed by atoms with van der Waals surface area (Å²) in [6, 6.07) is 8.47. The van der Waals surface area contributed by atoms with Crippen LogP contribution in [0.3, 0.4) is 0 Å². The summed E-state index contributed by atoms with van der Waals surface area (Å²) in [4.78, 5) is 4.36. The predicted octanol–water partition coefficient (Wildman–Crippen LogP) is 4.38. The van der Waals surface area contributed by atoms with Crippen LogP contribution in [0, 0.1) is 12.7 Å². The second-order valence-corrected chi connectivity index (χ2v) is 4.51. The van der Waals surface area contributed by atoms with Crippen molar-refractivity contribution < 1.29 is 9.13 Å². The average molecular weight is 259 g/mol. The fraction of sp³-hybridized carbons (Fsp3) is 0.312. The van der Waals surface area contributed by atoms with E-state index in [1.165, 1.54) is 12.1 Å². The van der Waals surface area contributed by atoms with Gasteiger partial charge in [-0.15, -0.1) is 0 Å². The van der Waals surface area contributed by atoms with E-state index in [9.17, 15) is 4.39 Å². The number of ether oxygens (including phenoxy) is 1. The smallest absolute Gasteiger partial charge is 0.131 e. The van der Waals surface area contributed by atoms with Gasteiger partial charge in [0.05, 0.1) is 12.3 Å². The van der Waals surface area contributed by atoms with Gasteiger partial charge in [0.2, 0.25) is 0 Å². The van der Waals surface area contributed by atoms with E-state index < -0.39 is 0 Å². The maximum atomic E-state index is 13.4. The van der Waals surface area contributed by atoms with Crippen LogP contribution in [0.1, 0.15) is 25.3 Å². The molecule has 0 fully saturated rings. The zero-order valence-corrected chi connectivity index (χ0v) is 11.3. The highest BCUT2D eigenvalue weighted by Gasteiger charge is 2.11. The zero-order valence-electron chi connectivity index (χ0n) is 11.3. The molecular formula is C16H18FNO. The Hall–Kier alpha value is -1.90. The summed E-state index contributed by atoms with van der Waals surface area (Å²) in [5, 5.41) is 0. The number of aromatic nitrogens is 1. The standard InChI is InChI=1S/C16H18FNO/c1-3-4-10-19-15-11-13(17)7-8-14(15)16-12(2)6-5-9-18-16/h5-9,11H,3-4,10H2,1-2H3. The van der Waals surface area contributed by atoms with Crippen LogP contribution in [-0.4, -0.2) is 11.6 Å². The SMILES string of the molecule is CCCCOc1cc(F)ccc1-c1ncccc1C. The molecule has 2 nitrogen and oxygen atoms in total. The van der Waals surface area contributed by atoms with Crippen molar-refractivity contribution in [3.63, 3.8) is 0 Å². The highest BCUT2D eigenvalue weighted by Crippen LogP contribution is 2.31. The van der Waals surface area contributed by atoms with Gasteiger partial charge in [0, 0.05) is 17.8 Å². The Morgan fingerprint density at radius 2 is 2.11 bits per heavy atom. The van der Waals surface area contributed by atoms with Crippen LogP contribution >= 0.6 is 0 Å². The molecule has 0 aliphatic carbocycles. The molecule has 0 radical (unpaired) electrons. The lowest BCUT2D eigenvalue weighted by atomic mass is 10.1. The monoisotopic (exact) mass is 259 g/mol. The minimum Gasteiger partial charge on any atom is -0.493 e. The molecule has 0 bridgehead atoms. The molecule has 0 aliphatic rings. The quantitative estimate of drug-likeness (QED) is 0.744. The van der Waals surface area contributed by atoms with E-state index in [1.54, 1.807) is 12.3 Å². The molecule has 2 aromatic rings. The van der Waals surface area contributed by atoms with Gasteiger partial charge in [0.15, 0.2) is 0 Å². The van der Waals surface area contributed by atoms with E-state index in [1.807, 2.05) is 19.1 Å². The van der Waals surface area contributed by atoms with Crippen molar-refractivity contribution in [2.45, 2.75) is 26.7 Å². The average Bonchev–Trinajstić information content (AvgIpc) is 2.40. The first kappa shape index (κ1) is 13.5. The van der Waals surface area contributed by atoms with Crippen LogP contribution in [0.4, 0.5) is 4.39 Å². The van der Waals surface area contributed by atoms with Crippen molar-refractivity contribution in [3.05, 3.63) is 47.9 Å². The predicted molar refractivity (Wildman–Crippen MR) is 74.8 cm³/mol. The van der Waals surface area contributed by atoms with E-state index in [2.05, 4.69) is 11.9 Å². The number of unbranched alkanes of at least 4 members (excludes halogenated alkanes) is 1. The molecule has 19 heavy (non-hydrogen) atoms. The highest BCUT2D eigenvalue weighted by molar-refractivity contribution is 5.69. The van der Waals surface area contributed by atoms with E-state index in [0.717, 1.165) is 29.7 Å². The number of rotatable bonds is 5. The van der Waals surface area contributed by atoms with Crippen LogP contribution in [0.25, 0.3) is 11.3 Å². The number of halogens is 1. The molecular weight excluding hydrogens is 241 g/mol. The van der Waals surface area contributed by atoms with Gasteiger partial charge in [-0.25, -0.2) is 4.39 Å². The highest BCUT2D eigenvalue weighted by atomic mass is 19.1. The molecule has 0 amide bonds. The lowest BCUT2D eigenvalue weighted by molar-refractivity contribution is 0.309. The van der Waals surface area contributed by atoms with Crippen LogP contribution in [0.5, 0.6) is 5.75 Å². The Bertz CT molecular complexity index is 554. The molecule has 0 aliphatic heterocycles. The van der Waals surface area contributed by atoms with E-state index in [4.69, 9.17) is 4.74 Å². The molecule has 0 atom stereocenters. The Kier molecular flexibility index (Phi) is 4.50. The Labute approximate surface area is 113 Å². The van der Waals surface area contributed by atoms with Crippen molar-refractivity contribution in [2.75, 3.05) is 6.61 Å². The summed E-state index contributed by atoms with van der Waals surface area (Å²) < 4.78 is 19.1. The van der Waals surface area contributed by atoms with Crippen LogP contribution in [0.2, 0.25) is 0 Å². The molecule has 1 aromatic heterocycles. The molecule has 3 heteroatoms. The van der Waals surface area contributed by atoms with Crippen LogP contribution in [0.15, 0.2) is 36.5 Å². The number of hydrogen-bond acceptors (Lipinski definition) is 2. The van der Waals surface area contributed by atoms with Gasteiger partial charge in [0.1, 0.15) is 11.6 Å². The topological polar surface area (TPSA) is 22.1 Å². The molecule has 0 N–H and O–H groups in total.